The van der Waals surface area contributed by atoms with Crippen molar-refractivity contribution in [2.75, 3.05) is 16.6 Å². The molecule has 1 aliphatic rings. The molecule has 1 heterocycles. The van der Waals surface area contributed by atoms with Gasteiger partial charge in [0.05, 0.1) is 16.9 Å². The van der Waals surface area contributed by atoms with E-state index in [2.05, 4.69) is 10.6 Å². The third kappa shape index (κ3) is 2.21. The van der Waals surface area contributed by atoms with E-state index in [-0.39, 0.29) is 11.2 Å². The second-order valence-corrected chi connectivity index (χ2v) is 4.92. The zero-order valence-electron chi connectivity index (χ0n) is 8.21. The summed E-state index contributed by atoms with van der Waals surface area (Å²) >= 11 is 7.14. The van der Waals surface area contributed by atoms with E-state index in [1.165, 1.54) is 0 Å². The van der Waals surface area contributed by atoms with Crippen LogP contribution in [0.1, 0.15) is 6.92 Å². The lowest BCUT2D eigenvalue weighted by Gasteiger charge is -2.21. The van der Waals surface area contributed by atoms with Gasteiger partial charge in [-0.15, -0.1) is 23.4 Å². The van der Waals surface area contributed by atoms with Gasteiger partial charge in [-0.1, -0.05) is 0 Å². The average molecular weight is 243 g/mol. The Morgan fingerprint density at radius 1 is 1.60 bits per heavy atom. The molecule has 15 heavy (non-hydrogen) atoms. The van der Waals surface area contributed by atoms with Crippen LogP contribution in [0.2, 0.25) is 0 Å². The third-order valence-corrected chi connectivity index (χ3v) is 3.49. The maximum absolute atomic E-state index is 11.4. The fraction of sp³-hybridized carbons (Fsp3) is 0.300. The molecular formula is C10H11ClN2OS. The number of carbonyl (C=O) groups excluding carboxylic acids is 1. The minimum absolute atomic E-state index is 0.0238. The van der Waals surface area contributed by atoms with Crippen LogP contribution in [0.4, 0.5) is 11.4 Å². The molecular weight excluding hydrogens is 232 g/mol. The highest BCUT2D eigenvalue weighted by Gasteiger charge is 2.22. The summed E-state index contributed by atoms with van der Waals surface area (Å²) in [6.07, 6.45) is 0. The van der Waals surface area contributed by atoms with Gasteiger partial charge in [0.25, 0.3) is 0 Å². The van der Waals surface area contributed by atoms with Crippen LogP contribution in [0, 0.1) is 0 Å². The van der Waals surface area contributed by atoms with Gasteiger partial charge in [0.2, 0.25) is 5.91 Å². The summed E-state index contributed by atoms with van der Waals surface area (Å²) in [5.74, 6) is 0.0514. The molecule has 0 saturated carbocycles. The minimum Gasteiger partial charge on any atom is -0.372 e. The van der Waals surface area contributed by atoms with Crippen molar-refractivity contribution in [3.05, 3.63) is 18.2 Å². The fourth-order valence-electron chi connectivity index (χ4n) is 1.40. The number of alkyl halides is 1. The lowest BCUT2D eigenvalue weighted by Crippen LogP contribution is -2.26. The number of halogens is 1. The highest BCUT2D eigenvalue weighted by Crippen LogP contribution is 2.36. The molecule has 0 spiro atoms. The molecule has 1 amide bonds. The molecule has 0 bridgehead atoms. The van der Waals surface area contributed by atoms with Crippen LogP contribution in [-0.2, 0) is 4.79 Å². The SMILES string of the molecule is CC1Sc2ccc(NCCl)cc2NC1=O. The average Bonchev–Trinajstić information content (AvgIpc) is 2.21. The fourth-order valence-corrected chi connectivity index (χ4v) is 2.48. The number of thioether (sulfide) groups is 1. The highest BCUT2D eigenvalue weighted by molar-refractivity contribution is 8.00. The summed E-state index contributed by atoms with van der Waals surface area (Å²) in [6.45, 7) is 1.90. The summed E-state index contributed by atoms with van der Waals surface area (Å²) in [5.41, 5.74) is 1.78. The molecule has 0 fully saturated rings. The molecule has 0 radical (unpaired) electrons. The van der Waals surface area contributed by atoms with Gasteiger partial charge in [-0.3, -0.25) is 4.79 Å². The summed E-state index contributed by atoms with van der Waals surface area (Å²) in [4.78, 5) is 12.5. The molecule has 2 N–H and O–H groups in total. The largest absolute Gasteiger partial charge is 0.372 e. The number of rotatable bonds is 2. The smallest absolute Gasteiger partial charge is 0.237 e. The standard InChI is InChI=1S/C10H11ClN2OS/c1-6-10(14)13-8-4-7(12-5-11)2-3-9(8)15-6/h2-4,6,12H,5H2,1H3,(H,13,14). The van der Waals surface area contributed by atoms with Crippen LogP contribution < -0.4 is 10.6 Å². The van der Waals surface area contributed by atoms with Crippen molar-refractivity contribution in [1.29, 1.82) is 0 Å². The summed E-state index contributed by atoms with van der Waals surface area (Å²) in [7, 11) is 0. The van der Waals surface area contributed by atoms with Gasteiger partial charge >= 0.3 is 0 Å². The van der Waals surface area contributed by atoms with Crippen molar-refractivity contribution in [2.24, 2.45) is 0 Å². The van der Waals surface area contributed by atoms with Crippen LogP contribution in [0.5, 0.6) is 0 Å². The van der Waals surface area contributed by atoms with Crippen LogP contribution in [-0.4, -0.2) is 17.2 Å². The van der Waals surface area contributed by atoms with Crippen molar-refractivity contribution in [3.8, 4) is 0 Å². The second kappa shape index (κ2) is 4.33. The molecule has 0 aliphatic carbocycles. The Morgan fingerprint density at radius 2 is 2.40 bits per heavy atom. The van der Waals surface area contributed by atoms with E-state index in [9.17, 15) is 4.79 Å². The Balaban J connectivity index is 2.29. The molecule has 1 aliphatic heterocycles. The first-order chi connectivity index (χ1) is 7.20. The molecule has 1 unspecified atom stereocenters. The number of fused-ring (bicyclic) bond motifs is 1. The van der Waals surface area contributed by atoms with Crippen molar-refractivity contribution in [2.45, 2.75) is 17.1 Å². The Morgan fingerprint density at radius 3 is 3.13 bits per heavy atom. The molecule has 80 valence electrons. The van der Waals surface area contributed by atoms with Crippen LogP contribution in [0.25, 0.3) is 0 Å². The van der Waals surface area contributed by atoms with E-state index in [4.69, 9.17) is 11.6 Å². The van der Waals surface area contributed by atoms with Gasteiger partial charge in [-0.2, -0.15) is 0 Å². The first-order valence-electron chi connectivity index (χ1n) is 4.62. The van der Waals surface area contributed by atoms with Crippen LogP contribution in [0.3, 0.4) is 0 Å². The van der Waals surface area contributed by atoms with Crippen molar-refractivity contribution >= 4 is 40.6 Å². The second-order valence-electron chi connectivity index (χ2n) is 3.27. The van der Waals surface area contributed by atoms with Crippen LogP contribution in [0.15, 0.2) is 23.1 Å². The van der Waals surface area contributed by atoms with Gasteiger partial charge in [0, 0.05) is 10.6 Å². The highest BCUT2D eigenvalue weighted by atomic mass is 35.5. The predicted octanol–water partition coefficient (Wildman–Crippen LogP) is 2.73. The van der Waals surface area contributed by atoms with Gasteiger partial charge in [0.15, 0.2) is 0 Å². The zero-order valence-corrected chi connectivity index (χ0v) is 9.78. The molecule has 1 aromatic carbocycles. The maximum Gasteiger partial charge on any atom is 0.237 e. The van der Waals surface area contributed by atoms with Crippen LogP contribution >= 0.6 is 23.4 Å². The molecule has 0 aromatic heterocycles. The van der Waals surface area contributed by atoms with Crippen molar-refractivity contribution < 1.29 is 4.79 Å². The number of benzene rings is 1. The lowest BCUT2D eigenvalue weighted by atomic mass is 10.2. The Hall–Kier alpha value is -0.870. The number of carbonyl (C=O) groups is 1. The number of hydrogen-bond acceptors (Lipinski definition) is 3. The van der Waals surface area contributed by atoms with E-state index in [1.807, 2.05) is 25.1 Å². The monoisotopic (exact) mass is 242 g/mol. The quantitative estimate of drug-likeness (QED) is 0.619. The van der Waals surface area contributed by atoms with Gasteiger partial charge < -0.3 is 10.6 Å². The topological polar surface area (TPSA) is 41.1 Å². The number of hydrogen-bond donors (Lipinski definition) is 2. The number of amides is 1. The third-order valence-electron chi connectivity index (χ3n) is 2.18. The maximum atomic E-state index is 11.4. The van der Waals surface area contributed by atoms with Gasteiger partial charge in [0.1, 0.15) is 0 Å². The number of anilines is 2. The van der Waals surface area contributed by atoms with E-state index in [0.29, 0.717) is 6.00 Å². The van der Waals surface area contributed by atoms with Gasteiger partial charge in [-0.05, 0) is 25.1 Å². The molecule has 5 heteroatoms. The Kier molecular flexibility index (Phi) is 3.07. The molecule has 1 aromatic rings. The molecule has 3 nitrogen and oxygen atoms in total. The molecule has 0 saturated heterocycles. The van der Waals surface area contributed by atoms with E-state index in [0.717, 1.165) is 16.3 Å². The minimum atomic E-state index is -0.0238. The predicted molar refractivity (Wildman–Crippen MR) is 64.7 cm³/mol. The van der Waals surface area contributed by atoms with E-state index in [1.54, 1.807) is 11.8 Å². The Bertz CT molecular complexity index is 397. The zero-order chi connectivity index (χ0) is 10.8. The van der Waals surface area contributed by atoms with E-state index < -0.39 is 0 Å². The summed E-state index contributed by atoms with van der Waals surface area (Å²) < 4.78 is 0. The lowest BCUT2D eigenvalue weighted by molar-refractivity contribution is -0.115. The number of nitrogens with one attached hydrogen (secondary N) is 2. The Labute approximate surface area is 97.6 Å². The first kappa shape index (κ1) is 10.6. The summed E-state index contributed by atoms with van der Waals surface area (Å²) in [6, 6.07) is 6.20. The van der Waals surface area contributed by atoms with E-state index >= 15 is 0 Å². The first-order valence-corrected chi connectivity index (χ1v) is 6.03. The summed E-state index contributed by atoms with van der Waals surface area (Å²) in [5, 5.41) is 5.83. The van der Waals surface area contributed by atoms with Crippen molar-refractivity contribution in [1.82, 2.24) is 0 Å². The molecule has 1 atom stereocenters. The normalized spacial score (nSPS) is 19.3. The van der Waals surface area contributed by atoms with Gasteiger partial charge in [-0.25, -0.2) is 0 Å². The molecule has 2 rings (SSSR count). The van der Waals surface area contributed by atoms with Crippen molar-refractivity contribution in [3.63, 3.8) is 0 Å².